The van der Waals surface area contributed by atoms with Gasteiger partial charge in [0, 0.05) is 12.6 Å². The highest BCUT2D eigenvalue weighted by Gasteiger charge is 2.10. The van der Waals surface area contributed by atoms with Gasteiger partial charge in [-0.15, -0.1) is 0 Å². The number of hydrogen-bond acceptors (Lipinski definition) is 5. The quantitative estimate of drug-likeness (QED) is 0.418. The topological polar surface area (TPSA) is 93.5 Å². The molecule has 0 radical (unpaired) electrons. The van der Waals surface area contributed by atoms with Crippen molar-refractivity contribution in [3.63, 3.8) is 0 Å². The summed E-state index contributed by atoms with van der Waals surface area (Å²) in [5.41, 5.74) is 10.1. The van der Waals surface area contributed by atoms with Gasteiger partial charge in [0.2, 0.25) is 0 Å². The van der Waals surface area contributed by atoms with Gasteiger partial charge in [-0.2, -0.15) is 4.98 Å². The van der Waals surface area contributed by atoms with E-state index in [9.17, 15) is 4.79 Å². The van der Waals surface area contributed by atoms with E-state index < -0.39 is 0 Å². The lowest BCUT2D eigenvalue weighted by molar-refractivity contribution is 0.101. The maximum atomic E-state index is 11.7. The Morgan fingerprint density at radius 3 is 2.56 bits per heavy atom. The predicted molar refractivity (Wildman–Crippen MR) is 103 cm³/mol. The number of hydrogen-bond donors (Lipinski definition) is 2. The molecule has 0 unspecified atom stereocenters. The first kappa shape index (κ1) is 18.2. The van der Waals surface area contributed by atoms with Crippen LogP contribution in [0.3, 0.4) is 0 Å². The van der Waals surface area contributed by atoms with Crippen molar-refractivity contribution < 1.29 is 9.21 Å². The maximum absolute atomic E-state index is 11.7. The van der Waals surface area contributed by atoms with Gasteiger partial charge in [-0.05, 0) is 42.3 Å². The van der Waals surface area contributed by atoms with Crippen LogP contribution in [0.5, 0.6) is 0 Å². The van der Waals surface area contributed by atoms with Gasteiger partial charge in [0.05, 0.1) is 12.0 Å². The van der Waals surface area contributed by atoms with Crippen LogP contribution < -0.4 is 11.1 Å². The SMILES string of the molecule is CC.CN=CNc1cc(-c2ccc3oc(N)nc3c2)ccc1C(C)=O. The first-order valence-electron chi connectivity index (χ1n) is 8.07. The lowest BCUT2D eigenvalue weighted by atomic mass is 10.0. The minimum atomic E-state index is -0.0109. The number of fused-ring (bicyclic) bond motifs is 1. The van der Waals surface area contributed by atoms with E-state index in [4.69, 9.17) is 10.2 Å². The molecule has 3 N–H and O–H groups in total. The summed E-state index contributed by atoms with van der Waals surface area (Å²) in [5, 5.41) is 3.03. The molecule has 3 aromatic rings. The van der Waals surface area contributed by atoms with Gasteiger partial charge >= 0.3 is 0 Å². The molecular formula is C19H22N4O2. The molecule has 0 amide bonds. The number of carbonyl (C=O) groups excluding carboxylic acids is 1. The fourth-order valence-corrected chi connectivity index (χ4v) is 2.41. The molecule has 0 saturated heterocycles. The average Bonchev–Trinajstić information content (AvgIpc) is 3.00. The second kappa shape index (κ2) is 8.10. The second-order valence-corrected chi connectivity index (χ2v) is 5.08. The number of anilines is 2. The Labute approximate surface area is 146 Å². The number of nitrogens with one attached hydrogen (secondary N) is 1. The molecule has 3 rings (SSSR count). The minimum absolute atomic E-state index is 0.0109. The van der Waals surface area contributed by atoms with Crippen LogP contribution in [0.1, 0.15) is 31.1 Å². The van der Waals surface area contributed by atoms with Crippen molar-refractivity contribution in [2.24, 2.45) is 4.99 Å². The van der Waals surface area contributed by atoms with Crippen LogP contribution in [0.4, 0.5) is 11.7 Å². The Bertz CT molecular complexity index is 913. The molecule has 0 aliphatic heterocycles. The Morgan fingerprint density at radius 2 is 1.88 bits per heavy atom. The third-order valence-electron chi connectivity index (χ3n) is 3.49. The molecule has 1 aromatic heterocycles. The van der Waals surface area contributed by atoms with Gasteiger partial charge in [0.1, 0.15) is 5.52 Å². The lowest BCUT2D eigenvalue weighted by Crippen LogP contribution is -2.03. The average molecular weight is 338 g/mol. The number of rotatable bonds is 4. The van der Waals surface area contributed by atoms with Crippen molar-refractivity contribution >= 4 is 34.9 Å². The zero-order chi connectivity index (χ0) is 18.4. The summed E-state index contributed by atoms with van der Waals surface area (Å²) in [6, 6.07) is 11.4. The highest BCUT2D eigenvalue weighted by Crippen LogP contribution is 2.29. The number of aromatic nitrogens is 1. The van der Waals surface area contributed by atoms with Gasteiger partial charge in [-0.3, -0.25) is 9.79 Å². The third kappa shape index (κ3) is 4.03. The highest BCUT2D eigenvalue weighted by atomic mass is 16.4. The number of ketones is 1. The van der Waals surface area contributed by atoms with Gasteiger partial charge in [0.25, 0.3) is 6.01 Å². The molecule has 6 nitrogen and oxygen atoms in total. The van der Waals surface area contributed by atoms with E-state index in [0.717, 1.165) is 11.1 Å². The van der Waals surface area contributed by atoms with Gasteiger partial charge in [-0.25, -0.2) is 0 Å². The predicted octanol–water partition coefficient (Wildman–Crippen LogP) is 4.38. The first-order valence-corrected chi connectivity index (χ1v) is 8.07. The van der Waals surface area contributed by atoms with E-state index in [-0.39, 0.29) is 11.8 Å². The van der Waals surface area contributed by atoms with Crippen molar-refractivity contribution in [3.8, 4) is 11.1 Å². The van der Waals surface area contributed by atoms with Crippen molar-refractivity contribution in [2.75, 3.05) is 18.1 Å². The molecule has 0 aliphatic rings. The smallest absolute Gasteiger partial charge is 0.292 e. The van der Waals surface area contributed by atoms with Crippen LogP contribution >= 0.6 is 0 Å². The van der Waals surface area contributed by atoms with Crippen molar-refractivity contribution in [1.29, 1.82) is 0 Å². The highest BCUT2D eigenvalue weighted by molar-refractivity contribution is 6.02. The molecule has 0 saturated carbocycles. The van der Waals surface area contributed by atoms with Crippen molar-refractivity contribution in [1.82, 2.24) is 4.98 Å². The molecule has 130 valence electrons. The fraction of sp³-hybridized carbons (Fsp3) is 0.211. The van der Waals surface area contributed by atoms with E-state index in [2.05, 4.69) is 15.3 Å². The van der Waals surface area contributed by atoms with Crippen molar-refractivity contribution in [3.05, 3.63) is 42.0 Å². The monoisotopic (exact) mass is 338 g/mol. The first-order chi connectivity index (χ1) is 12.1. The molecule has 0 bridgehead atoms. The van der Waals surface area contributed by atoms with Gasteiger partial charge in [-0.1, -0.05) is 26.0 Å². The molecule has 0 fully saturated rings. The van der Waals surface area contributed by atoms with Crippen LogP contribution in [0, 0.1) is 0 Å². The van der Waals surface area contributed by atoms with Crippen LogP contribution in [0.25, 0.3) is 22.2 Å². The van der Waals surface area contributed by atoms with Gasteiger partial charge in [0.15, 0.2) is 11.4 Å². The molecule has 1 heterocycles. The fourth-order valence-electron chi connectivity index (χ4n) is 2.41. The van der Waals surface area contributed by atoms with Crippen molar-refractivity contribution in [2.45, 2.75) is 20.8 Å². The Morgan fingerprint density at radius 1 is 1.20 bits per heavy atom. The number of carbonyl (C=O) groups is 1. The Kier molecular flexibility index (Phi) is 5.89. The number of nitrogens with zero attached hydrogens (tertiary/aromatic N) is 2. The zero-order valence-corrected chi connectivity index (χ0v) is 14.8. The molecule has 25 heavy (non-hydrogen) atoms. The molecule has 2 aromatic carbocycles. The van der Waals surface area contributed by atoms with E-state index in [1.54, 1.807) is 19.5 Å². The number of oxazole rings is 1. The normalized spacial score (nSPS) is 10.6. The number of nitrogen functional groups attached to an aromatic ring is 1. The van der Waals surface area contributed by atoms with E-state index in [0.29, 0.717) is 22.4 Å². The molecular weight excluding hydrogens is 316 g/mol. The Hall–Kier alpha value is -3.15. The maximum Gasteiger partial charge on any atom is 0.292 e. The lowest BCUT2D eigenvalue weighted by Gasteiger charge is -2.09. The summed E-state index contributed by atoms with van der Waals surface area (Å²) in [7, 11) is 1.66. The van der Waals surface area contributed by atoms with Gasteiger partial charge < -0.3 is 15.5 Å². The standard InChI is InChI=1S/C17H16N4O2.C2H6/c1-10(22)13-5-3-11(7-14(13)20-9-19-2)12-4-6-16-15(8-12)21-17(18)23-16;1-2/h3-9H,1-2H3,(H2,18,21)(H,19,20);1-2H3. The van der Waals surface area contributed by atoms with Crippen LogP contribution in [0.2, 0.25) is 0 Å². The largest absolute Gasteiger partial charge is 0.424 e. The van der Waals surface area contributed by atoms with Crippen LogP contribution in [-0.2, 0) is 0 Å². The molecule has 6 heteroatoms. The van der Waals surface area contributed by atoms with Crippen LogP contribution in [-0.4, -0.2) is 24.2 Å². The van der Waals surface area contributed by atoms with E-state index in [1.807, 2.05) is 44.2 Å². The molecule has 0 atom stereocenters. The zero-order valence-electron chi connectivity index (χ0n) is 14.8. The summed E-state index contributed by atoms with van der Waals surface area (Å²) in [6.07, 6.45) is 1.55. The van der Waals surface area contributed by atoms with E-state index in [1.165, 1.54) is 6.92 Å². The summed E-state index contributed by atoms with van der Waals surface area (Å²) in [6.45, 7) is 5.54. The third-order valence-corrected chi connectivity index (χ3v) is 3.49. The summed E-state index contributed by atoms with van der Waals surface area (Å²) >= 11 is 0. The summed E-state index contributed by atoms with van der Waals surface area (Å²) < 4.78 is 5.28. The molecule has 0 aliphatic carbocycles. The number of Topliss-reactive ketones (excluding diaryl/α,β-unsaturated/α-hetero) is 1. The number of nitrogens with two attached hydrogens (primary N) is 1. The Balaban J connectivity index is 0.00000109. The molecule has 0 spiro atoms. The number of aliphatic imine (C=N–C) groups is 1. The second-order valence-electron chi connectivity index (χ2n) is 5.08. The number of benzene rings is 2. The summed E-state index contributed by atoms with van der Waals surface area (Å²) in [5.74, 6) is -0.0109. The minimum Gasteiger partial charge on any atom is -0.424 e. The van der Waals surface area contributed by atoms with Crippen LogP contribution in [0.15, 0.2) is 45.8 Å². The summed E-state index contributed by atoms with van der Waals surface area (Å²) in [4.78, 5) is 19.8. The van der Waals surface area contributed by atoms with E-state index >= 15 is 0 Å².